The molecular weight excluding hydrogens is 350 g/mol. The Bertz CT molecular complexity index is 695. The molecule has 0 saturated heterocycles. The predicted octanol–water partition coefficient (Wildman–Crippen LogP) is 3.82. The first-order chi connectivity index (χ1) is 13.6. The second-order valence-corrected chi connectivity index (χ2v) is 6.60. The Morgan fingerprint density at radius 1 is 1.07 bits per heavy atom. The molecule has 0 saturated carbocycles. The fourth-order valence-corrected chi connectivity index (χ4v) is 2.85. The molecule has 0 aliphatic carbocycles. The molecule has 0 heterocycles. The van der Waals surface area contributed by atoms with Gasteiger partial charge >= 0.3 is 5.97 Å². The summed E-state index contributed by atoms with van der Waals surface area (Å²) in [5.74, 6) is -0.0232. The van der Waals surface area contributed by atoms with Crippen LogP contribution in [0.2, 0.25) is 0 Å². The minimum atomic E-state index is -0.889. The molecule has 0 aromatic heterocycles. The molecule has 1 atom stereocenters. The number of aliphatic carboxylic acids is 1. The van der Waals surface area contributed by atoms with Gasteiger partial charge < -0.3 is 15.7 Å². The maximum absolute atomic E-state index is 11.2. The first kappa shape index (κ1) is 23.2. The number of hydrogen-bond donors (Lipinski definition) is 3. The molecule has 150 valence electrons. The van der Waals surface area contributed by atoms with Gasteiger partial charge in [-0.3, -0.25) is 0 Å². The van der Waals surface area contributed by atoms with E-state index in [4.69, 9.17) is 5.26 Å². The van der Waals surface area contributed by atoms with Crippen LogP contribution in [-0.4, -0.2) is 24.2 Å². The van der Waals surface area contributed by atoms with Crippen molar-refractivity contribution in [3.63, 3.8) is 0 Å². The molecule has 0 amide bonds. The van der Waals surface area contributed by atoms with Crippen LogP contribution < -0.4 is 10.6 Å². The quantitative estimate of drug-likeness (QED) is 0.430. The summed E-state index contributed by atoms with van der Waals surface area (Å²) in [4.78, 5) is 11.2. The SMILES string of the molecule is CCC(CC)CC[NH2+]CC#N.O=C(O)C(Nc1ccccc1)c1ccccc1. The number of carbonyl (C=O) groups is 1. The minimum Gasteiger partial charge on any atom is -0.479 e. The molecule has 0 aliphatic heterocycles. The fraction of sp³-hybridized carbons (Fsp3) is 0.391. The molecule has 1 unspecified atom stereocenters. The number of nitriles is 1. The van der Waals surface area contributed by atoms with Crippen LogP contribution in [0.25, 0.3) is 0 Å². The van der Waals surface area contributed by atoms with E-state index in [0.717, 1.165) is 23.7 Å². The van der Waals surface area contributed by atoms with Gasteiger partial charge in [0.1, 0.15) is 6.07 Å². The lowest BCUT2D eigenvalue weighted by Gasteiger charge is -2.15. The van der Waals surface area contributed by atoms with Gasteiger partial charge in [0.15, 0.2) is 12.6 Å². The molecule has 0 aliphatic rings. The van der Waals surface area contributed by atoms with Gasteiger partial charge in [0.05, 0.1) is 6.54 Å². The van der Waals surface area contributed by atoms with Crippen molar-refractivity contribution < 1.29 is 15.2 Å². The smallest absolute Gasteiger partial charge is 0.330 e. The predicted molar refractivity (Wildman–Crippen MR) is 113 cm³/mol. The molecule has 2 aromatic rings. The normalized spacial score (nSPS) is 11.1. The van der Waals surface area contributed by atoms with Gasteiger partial charge in [0, 0.05) is 5.69 Å². The highest BCUT2D eigenvalue weighted by molar-refractivity contribution is 5.79. The van der Waals surface area contributed by atoms with Crippen LogP contribution in [0.5, 0.6) is 0 Å². The summed E-state index contributed by atoms with van der Waals surface area (Å²) < 4.78 is 0. The molecule has 0 bridgehead atoms. The van der Waals surface area contributed by atoms with E-state index in [2.05, 4.69) is 30.6 Å². The van der Waals surface area contributed by atoms with Crippen LogP contribution in [0.1, 0.15) is 44.7 Å². The van der Waals surface area contributed by atoms with Crippen molar-refractivity contribution in [1.29, 1.82) is 5.26 Å². The van der Waals surface area contributed by atoms with Gasteiger partial charge in [-0.25, -0.2) is 4.79 Å². The van der Waals surface area contributed by atoms with E-state index < -0.39 is 12.0 Å². The maximum atomic E-state index is 11.2. The maximum Gasteiger partial charge on any atom is 0.330 e. The Morgan fingerprint density at radius 3 is 2.14 bits per heavy atom. The fourth-order valence-electron chi connectivity index (χ4n) is 2.85. The number of benzene rings is 2. The Labute approximate surface area is 168 Å². The van der Waals surface area contributed by atoms with Crippen molar-refractivity contribution in [1.82, 2.24) is 0 Å². The van der Waals surface area contributed by atoms with Crippen LogP contribution in [-0.2, 0) is 4.79 Å². The van der Waals surface area contributed by atoms with E-state index >= 15 is 0 Å². The summed E-state index contributed by atoms with van der Waals surface area (Å²) >= 11 is 0. The molecule has 2 rings (SSSR count). The van der Waals surface area contributed by atoms with Crippen molar-refractivity contribution in [2.45, 2.75) is 39.2 Å². The summed E-state index contributed by atoms with van der Waals surface area (Å²) in [5, 5.41) is 22.6. The summed E-state index contributed by atoms with van der Waals surface area (Å²) in [6.45, 7) is 6.19. The molecule has 0 radical (unpaired) electrons. The highest BCUT2D eigenvalue weighted by Gasteiger charge is 2.18. The van der Waals surface area contributed by atoms with Gasteiger partial charge in [-0.05, 0) is 30.0 Å². The van der Waals surface area contributed by atoms with E-state index in [9.17, 15) is 9.90 Å². The van der Waals surface area contributed by atoms with E-state index in [0.29, 0.717) is 6.54 Å². The van der Waals surface area contributed by atoms with Gasteiger partial charge in [0.2, 0.25) is 0 Å². The number of rotatable bonds is 10. The van der Waals surface area contributed by atoms with Crippen LogP contribution in [0.4, 0.5) is 5.69 Å². The van der Waals surface area contributed by atoms with Crippen LogP contribution in [0.3, 0.4) is 0 Å². The summed E-state index contributed by atoms with van der Waals surface area (Å²) in [6, 6.07) is 19.8. The number of nitrogens with two attached hydrogens (primary N) is 1. The Kier molecular flexibility index (Phi) is 11.8. The number of anilines is 1. The average molecular weight is 383 g/mol. The molecule has 4 N–H and O–H groups in total. The standard InChI is InChI=1S/C14H13NO2.C9H18N2/c16-14(17)13(11-7-3-1-4-8-11)15-12-9-5-2-6-10-12;1-3-9(4-2)5-7-11-8-6-10/h1-10,13,15H,(H,16,17);9,11H,3-5,7-8H2,1-2H3/p+1. The van der Waals surface area contributed by atoms with Gasteiger partial charge in [-0.1, -0.05) is 75.2 Å². The number of carboxylic acids is 1. The zero-order chi connectivity index (χ0) is 20.6. The number of quaternary nitrogens is 1. The highest BCUT2D eigenvalue weighted by atomic mass is 16.4. The monoisotopic (exact) mass is 382 g/mol. The van der Waals surface area contributed by atoms with Crippen LogP contribution in [0, 0.1) is 17.2 Å². The molecule has 0 spiro atoms. The number of hydrogen-bond acceptors (Lipinski definition) is 3. The van der Waals surface area contributed by atoms with Crippen molar-refractivity contribution >= 4 is 11.7 Å². The zero-order valence-electron chi connectivity index (χ0n) is 16.8. The highest BCUT2D eigenvalue weighted by Crippen LogP contribution is 2.19. The molecule has 0 fully saturated rings. The molecule has 2 aromatic carbocycles. The van der Waals surface area contributed by atoms with E-state index in [1.54, 1.807) is 12.1 Å². The number of nitrogens with zero attached hydrogens (tertiary/aromatic N) is 1. The first-order valence-electron chi connectivity index (χ1n) is 9.90. The number of nitrogens with one attached hydrogen (secondary N) is 1. The second kappa shape index (κ2) is 14.2. The number of carboxylic acid groups (broad SMARTS) is 1. The molecule has 5 nitrogen and oxygen atoms in total. The average Bonchev–Trinajstić information content (AvgIpc) is 2.74. The van der Waals surface area contributed by atoms with Crippen molar-refractivity contribution in [3.8, 4) is 6.07 Å². The van der Waals surface area contributed by atoms with Crippen LogP contribution in [0.15, 0.2) is 60.7 Å². The minimum absolute atomic E-state index is 0.611. The summed E-state index contributed by atoms with van der Waals surface area (Å²) in [7, 11) is 0. The van der Waals surface area contributed by atoms with Crippen molar-refractivity contribution in [3.05, 3.63) is 66.2 Å². The molecular formula is C23H32N3O2+. The Morgan fingerprint density at radius 2 is 1.64 bits per heavy atom. The van der Waals surface area contributed by atoms with E-state index in [1.807, 2.05) is 48.5 Å². The Hall–Kier alpha value is -2.84. The largest absolute Gasteiger partial charge is 0.479 e. The summed E-state index contributed by atoms with van der Waals surface area (Å²) in [6.07, 6.45) is 3.81. The van der Waals surface area contributed by atoms with Gasteiger partial charge in [-0.2, -0.15) is 5.26 Å². The molecule has 28 heavy (non-hydrogen) atoms. The van der Waals surface area contributed by atoms with Gasteiger partial charge in [0.25, 0.3) is 0 Å². The third-order valence-corrected chi connectivity index (χ3v) is 4.63. The van der Waals surface area contributed by atoms with Gasteiger partial charge in [-0.15, -0.1) is 0 Å². The zero-order valence-corrected chi connectivity index (χ0v) is 16.8. The third kappa shape index (κ3) is 9.20. The first-order valence-corrected chi connectivity index (χ1v) is 9.90. The van der Waals surface area contributed by atoms with E-state index in [1.165, 1.54) is 19.3 Å². The summed E-state index contributed by atoms with van der Waals surface area (Å²) in [5.41, 5.74) is 1.53. The third-order valence-electron chi connectivity index (χ3n) is 4.63. The lowest BCUT2D eigenvalue weighted by atomic mass is 10.00. The lowest BCUT2D eigenvalue weighted by Crippen LogP contribution is -2.84. The number of para-hydroxylation sites is 1. The topological polar surface area (TPSA) is 89.7 Å². The van der Waals surface area contributed by atoms with Crippen molar-refractivity contribution in [2.24, 2.45) is 5.92 Å². The Balaban J connectivity index is 0.000000311. The van der Waals surface area contributed by atoms with Crippen LogP contribution >= 0.6 is 0 Å². The second-order valence-electron chi connectivity index (χ2n) is 6.60. The van der Waals surface area contributed by atoms with Crippen molar-refractivity contribution in [2.75, 3.05) is 18.4 Å². The molecule has 5 heteroatoms. The lowest BCUT2D eigenvalue weighted by molar-refractivity contribution is -0.645. The van der Waals surface area contributed by atoms with E-state index in [-0.39, 0.29) is 0 Å².